The molecule has 0 radical (unpaired) electrons. The number of phenols is 3. The van der Waals surface area contributed by atoms with Gasteiger partial charge in [-0.25, -0.2) is 0 Å². The molecule has 0 spiro atoms. The second kappa shape index (κ2) is 45.4. The van der Waals surface area contributed by atoms with Crippen LogP contribution in [0, 0.1) is 17.8 Å². The zero-order chi connectivity index (χ0) is 88.1. The van der Waals surface area contributed by atoms with Gasteiger partial charge in [-0.15, -0.1) is 11.8 Å². The first-order valence-corrected chi connectivity index (χ1v) is 41.0. The van der Waals surface area contributed by atoms with Gasteiger partial charge in [0.05, 0.1) is 25.4 Å². The van der Waals surface area contributed by atoms with Gasteiger partial charge in [0.2, 0.25) is 82.7 Å². The number of rotatable bonds is 21. The molecular weight excluding hydrogens is 1580 g/mol. The number of fused-ring (bicyclic) bond motifs is 1. The smallest absolute Gasteiger partial charge is 0.245 e. The summed E-state index contributed by atoms with van der Waals surface area (Å²) in [6.07, 6.45) is 0.103. The first-order chi connectivity index (χ1) is 57.6. The van der Waals surface area contributed by atoms with Crippen molar-refractivity contribution in [1.29, 1.82) is 0 Å². The van der Waals surface area contributed by atoms with Gasteiger partial charge in [0.15, 0.2) is 0 Å². The topological polar surface area (TPSA) is 501 Å². The molecule has 1 aliphatic rings. The number of nitrogens with two attached hydrogens (primary N) is 1. The highest BCUT2D eigenvalue weighted by Gasteiger charge is 2.40. The Morgan fingerprint density at radius 2 is 0.868 bits per heavy atom. The van der Waals surface area contributed by atoms with E-state index in [1.165, 1.54) is 86.9 Å². The average Bonchev–Trinajstić information content (AvgIpc) is 1.65. The number of primary amides is 1. The molecule has 18 N–H and O–H groups in total. The van der Waals surface area contributed by atoms with Crippen molar-refractivity contribution >= 4 is 105 Å². The molecule has 14 amide bonds. The Balaban J connectivity index is 1.20. The van der Waals surface area contributed by atoms with Crippen molar-refractivity contribution in [3.8, 4) is 17.2 Å². The van der Waals surface area contributed by atoms with E-state index < -0.39 is 181 Å². The van der Waals surface area contributed by atoms with E-state index in [1.807, 2.05) is 0 Å². The molecule has 121 heavy (non-hydrogen) atoms. The normalized spacial score (nSPS) is 22.1. The standard InChI is InChI=1S/C87H109N15O18S/c1-49(2)35-63-79(112)99-70(78(111)90-44-73(88)107)47-121-48-75(109)101(7)71(40-52-17-11-9-12-18-52)84(117)95-65(37-54-23-29-58(104)30-24-54)80(113)93-64(36-50(3)4)83(116)100-76(51(5)6)86(119)96-66(38-55-25-31-59(105)32-26-55)81(114)98-69(46-103)77(110)91-45-74(108)92-67(42-57-43-89-62-22-16-15-21-61(57)62)82(115)97-68(39-56-27-33-60(106)34-28-56)87(120)102(8)72(85(118)94-63)41-53-19-13-10-14-20-53/h9-34,43,49-51,63-72,76,89,103-106H,35-42,44-48H2,1-8H3,(H2,88,107)(H,90,111)(H,91,110)(H,92,108)(H,93,113)(H,94,118)(H,95,117)(H,96,119)(H,97,115)(H,98,114)(H,99,112)(H,100,116)/t63-,64-,65-,66-,67-,68-,69-,70-,71-,72-,76-/m0/s1. The third-order valence-electron chi connectivity index (χ3n) is 20.3. The van der Waals surface area contributed by atoms with Crippen LogP contribution in [0.5, 0.6) is 17.2 Å². The summed E-state index contributed by atoms with van der Waals surface area (Å²) in [7, 11) is 2.67. The summed E-state index contributed by atoms with van der Waals surface area (Å²) in [5.74, 6) is -15.4. The zero-order valence-corrected chi connectivity index (χ0v) is 69.6. The Kier molecular flexibility index (Phi) is 35.1. The molecule has 0 saturated carbocycles. The lowest BCUT2D eigenvalue weighted by atomic mass is 9.98. The molecule has 34 heteroatoms. The average molecular weight is 1680 g/mol. The Labute approximate surface area is 705 Å². The minimum Gasteiger partial charge on any atom is -0.508 e. The van der Waals surface area contributed by atoms with Crippen LogP contribution in [0.4, 0.5) is 0 Å². The third kappa shape index (κ3) is 28.7. The van der Waals surface area contributed by atoms with E-state index in [0.29, 0.717) is 44.3 Å². The van der Waals surface area contributed by atoms with Crippen molar-refractivity contribution in [2.45, 2.75) is 159 Å². The lowest BCUT2D eigenvalue weighted by Gasteiger charge is -2.33. The Morgan fingerprint density at radius 3 is 1.36 bits per heavy atom. The summed E-state index contributed by atoms with van der Waals surface area (Å²) >= 11 is 0.851. The number of aromatic amines is 1. The van der Waals surface area contributed by atoms with Gasteiger partial charge in [0, 0.05) is 75.5 Å². The van der Waals surface area contributed by atoms with Crippen LogP contribution in [0.25, 0.3) is 10.9 Å². The van der Waals surface area contributed by atoms with Gasteiger partial charge >= 0.3 is 0 Å². The highest BCUT2D eigenvalue weighted by atomic mass is 32.2. The van der Waals surface area contributed by atoms with E-state index >= 15 is 24.0 Å². The first kappa shape index (κ1) is 93.6. The van der Waals surface area contributed by atoms with E-state index in [-0.39, 0.29) is 86.2 Å². The second-order valence-electron chi connectivity index (χ2n) is 31.2. The number of hydrogen-bond acceptors (Lipinski definition) is 19. The number of nitrogens with zero attached hydrogens (tertiary/aromatic N) is 2. The molecule has 646 valence electrons. The second-order valence-corrected chi connectivity index (χ2v) is 32.2. The number of amides is 14. The highest BCUT2D eigenvalue weighted by molar-refractivity contribution is 8.00. The molecule has 0 aliphatic carbocycles. The van der Waals surface area contributed by atoms with Crippen LogP contribution in [-0.2, 0) is 106 Å². The molecule has 0 bridgehead atoms. The van der Waals surface area contributed by atoms with Crippen LogP contribution in [0.15, 0.2) is 164 Å². The van der Waals surface area contributed by atoms with Gasteiger partial charge in [-0.3, -0.25) is 67.1 Å². The lowest BCUT2D eigenvalue weighted by molar-refractivity contribution is -0.143. The van der Waals surface area contributed by atoms with E-state index in [9.17, 15) is 63.6 Å². The van der Waals surface area contributed by atoms with Gasteiger partial charge in [0.25, 0.3) is 0 Å². The molecule has 1 saturated heterocycles. The van der Waals surface area contributed by atoms with Crippen molar-refractivity contribution in [1.82, 2.24) is 73.3 Å². The molecule has 1 aliphatic heterocycles. The molecule has 1 fully saturated rings. The Morgan fingerprint density at radius 1 is 0.455 bits per heavy atom. The summed E-state index contributed by atoms with van der Waals surface area (Å²) in [6.45, 7) is 7.62. The quantitative estimate of drug-likeness (QED) is 0.0481. The molecule has 0 unspecified atom stereocenters. The number of aliphatic hydroxyl groups is 1. The Bertz CT molecular complexity index is 4750. The number of carbonyl (C=O) groups excluding carboxylic acids is 14. The molecule has 7 aromatic rings. The largest absolute Gasteiger partial charge is 0.508 e. The number of phenolic OH excluding ortho intramolecular Hbond substituents is 3. The van der Waals surface area contributed by atoms with Crippen molar-refractivity contribution in [3.05, 3.63) is 197 Å². The summed E-state index contributed by atoms with van der Waals surface area (Å²) in [5.41, 5.74) is 8.98. The van der Waals surface area contributed by atoms with Crippen LogP contribution < -0.4 is 64.2 Å². The maximum absolute atomic E-state index is 15.6. The van der Waals surface area contributed by atoms with Crippen LogP contribution in [0.3, 0.4) is 0 Å². The predicted octanol–water partition coefficient (Wildman–Crippen LogP) is 1.26. The van der Waals surface area contributed by atoms with Crippen LogP contribution in [0.1, 0.15) is 87.8 Å². The number of aliphatic hydroxyl groups excluding tert-OH is 1. The number of para-hydroxylation sites is 1. The predicted molar refractivity (Wildman–Crippen MR) is 452 cm³/mol. The number of likely N-dealkylation sites (N-methyl/N-ethyl adjacent to an activating group) is 2. The molecule has 11 atom stereocenters. The van der Waals surface area contributed by atoms with E-state index in [4.69, 9.17) is 5.73 Å². The minimum atomic E-state index is -1.82. The van der Waals surface area contributed by atoms with E-state index in [0.717, 1.165) is 21.6 Å². The molecule has 2 heterocycles. The van der Waals surface area contributed by atoms with Crippen molar-refractivity contribution in [2.24, 2.45) is 23.5 Å². The van der Waals surface area contributed by atoms with Crippen LogP contribution >= 0.6 is 11.8 Å². The maximum atomic E-state index is 15.6. The van der Waals surface area contributed by atoms with Gasteiger partial charge in [-0.2, -0.15) is 0 Å². The minimum absolute atomic E-state index is 0.0417. The maximum Gasteiger partial charge on any atom is 0.245 e. The fourth-order valence-electron chi connectivity index (χ4n) is 13.7. The summed E-state index contributed by atoms with van der Waals surface area (Å²) < 4.78 is 0. The molecular formula is C87H109N15O18S. The molecule has 6 aromatic carbocycles. The number of benzene rings is 6. The van der Waals surface area contributed by atoms with E-state index in [1.54, 1.807) is 133 Å². The van der Waals surface area contributed by atoms with Crippen molar-refractivity contribution in [2.75, 3.05) is 45.3 Å². The fraction of sp³-hybridized carbons (Fsp3) is 0.402. The van der Waals surface area contributed by atoms with E-state index in [2.05, 4.69) is 63.5 Å². The molecule has 1 aromatic heterocycles. The van der Waals surface area contributed by atoms with Gasteiger partial charge in [0.1, 0.15) is 83.7 Å². The number of aromatic hydroxyl groups is 3. The Hall–Kier alpha value is -12.9. The number of aromatic nitrogens is 1. The monoisotopic (exact) mass is 1680 g/mol. The number of carbonyl (C=O) groups is 14. The summed E-state index contributed by atoms with van der Waals surface area (Å²) in [4.78, 5) is 211. The first-order valence-electron chi connectivity index (χ1n) is 39.9. The molecule has 33 nitrogen and oxygen atoms in total. The number of nitrogens with one attached hydrogen (secondary N) is 12. The number of thioether (sulfide) groups is 1. The zero-order valence-electron chi connectivity index (χ0n) is 68.7. The van der Waals surface area contributed by atoms with Crippen molar-refractivity contribution < 1.29 is 87.5 Å². The number of H-pyrrole nitrogens is 1. The van der Waals surface area contributed by atoms with Crippen LogP contribution in [-0.4, -0.2) is 230 Å². The SMILES string of the molecule is CC(C)C[C@@H]1NC(=O)[C@H](Cc2ccc(O)cc2)NC(=O)[C@H](Cc2ccccc2)N(C)C(=O)CSC[C@@H](C(=O)NCC(N)=O)NC(=O)[C@H](CC(C)C)NC(=O)[C@H](Cc2ccccc2)N(C)C(=O)[C@H](Cc2ccc(O)cc2)NC(=O)[C@H](Cc2c[nH]c3ccccc23)NC(=O)CNC(=O)[C@H](CO)NC(=O)[C@H](Cc2ccc(O)cc2)NC(=O)[C@H](C(C)C)NC1=O. The third-order valence-corrected chi connectivity index (χ3v) is 21.4. The van der Waals surface area contributed by atoms with Crippen LogP contribution in [0.2, 0.25) is 0 Å². The fourth-order valence-corrected chi connectivity index (χ4v) is 14.6. The highest BCUT2D eigenvalue weighted by Crippen LogP contribution is 2.24. The van der Waals surface area contributed by atoms with Gasteiger partial charge in [-0.05, 0) is 106 Å². The summed E-state index contributed by atoms with van der Waals surface area (Å²) in [6, 6.07) is 24.4. The van der Waals surface area contributed by atoms with Gasteiger partial charge in [-0.1, -0.05) is 157 Å². The number of hydrogen-bond donors (Lipinski definition) is 17. The molecule has 8 rings (SSSR count). The summed E-state index contributed by atoms with van der Waals surface area (Å²) in [5, 5.41) is 71.5. The van der Waals surface area contributed by atoms with Crippen molar-refractivity contribution in [3.63, 3.8) is 0 Å². The lowest BCUT2D eigenvalue weighted by Crippen LogP contribution is -2.61. The van der Waals surface area contributed by atoms with Gasteiger partial charge < -0.3 is 99.4 Å².